The van der Waals surface area contributed by atoms with Crippen molar-refractivity contribution in [3.8, 4) is 0 Å². The molecule has 0 aromatic rings. The first-order valence-corrected chi connectivity index (χ1v) is 23.8. The van der Waals surface area contributed by atoms with E-state index in [2.05, 4.69) is 98.9 Å². The molecule has 1 N–H and O–H groups in total. The largest absolute Gasteiger partial charge is 0.472 e. The minimum absolute atomic E-state index is 0.0737. The summed E-state index contributed by atoms with van der Waals surface area (Å²) < 4.78 is 34.9. The summed E-state index contributed by atoms with van der Waals surface area (Å²) in [5.41, 5.74) is 0. The first-order chi connectivity index (χ1) is 27.6. The Kier molecular flexibility index (Phi) is 38.8. The third-order valence-electron chi connectivity index (χ3n) is 8.94. The maximum absolute atomic E-state index is 12.7. The molecule has 0 aliphatic carbocycles. The zero-order valence-electron chi connectivity index (χ0n) is 37.0. The lowest BCUT2D eigenvalue weighted by Crippen LogP contribution is -2.37. The molecule has 0 aliphatic rings. The Morgan fingerprint density at radius 1 is 0.561 bits per heavy atom. The van der Waals surface area contributed by atoms with Crippen LogP contribution in [0.5, 0.6) is 0 Å². The predicted octanol–water partition coefficient (Wildman–Crippen LogP) is 13.3. The minimum Gasteiger partial charge on any atom is -0.457 e. The molecule has 9 heteroatoms. The number of rotatable bonds is 40. The summed E-state index contributed by atoms with van der Waals surface area (Å²) in [6, 6.07) is 0. The average molecular weight is 819 g/mol. The van der Waals surface area contributed by atoms with Gasteiger partial charge in [-0.25, -0.2) is 4.57 Å². The zero-order chi connectivity index (χ0) is 42.0. The zero-order valence-corrected chi connectivity index (χ0v) is 37.9. The Bertz CT molecular complexity index is 1180. The van der Waals surface area contributed by atoms with Crippen LogP contribution >= 0.6 is 7.82 Å². The van der Waals surface area contributed by atoms with Crippen LogP contribution in [0.25, 0.3) is 0 Å². The van der Waals surface area contributed by atoms with Crippen LogP contribution in [0.3, 0.4) is 0 Å². The summed E-state index contributed by atoms with van der Waals surface area (Å²) in [4.78, 5) is 22.9. The Balaban J connectivity index is 4.35. The number of unbranched alkanes of at least 4 members (excludes halogenated alkanes) is 12. The van der Waals surface area contributed by atoms with Crippen LogP contribution in [-0.2, 0) is 27.9 Å². The molecule has 0 spiro atoms. The lowest BCUT2D eigenvalue weighted by atomic mass is 10.1. The highest BCUT2D eigenvalue weighted by Gasteiger charge is 2.26. The van der Waals surface area contributed by atoms with Crippen LogP contribution < -0.4 is 0 Å². The predicted molar refractivity (Wildman–Crippen MR) is 242 cm³/mol. The van der Waals surface area contributed by atoms with E-state index < -0.39 is 13.9 Å². The second kappa shape index (κ2) is 40.5. The first-order valence-electron chi connectivity index (χ1n) is 22.3. The maximum Gasteiger partial charge on any atom is 0.472 e. The standard InChI is InChI=1S/C48H84NO7P/c1-6-8-10-12-14-16-18-20-22-24-26-28-30-32-34-36-38-40-43-53-45-47(46-55-57(51,52)54-44-42-49(3,4)5)56-48(50)41-39-37-35-33-31-29-27-25-23-21-19-17-15-13-11-9-7-2/h8,10,14-17,20-23,26,28,32,34,47H,6-7,9,11-13,18-19,24-25,27,29-31,33,35-46H2,1-5H3/p+1/b10-8-,16-14-,17-15-,22-20-,23-21-,28-26-,34-32-. The molecule has 0 aromatic heterocycles. The Hall–Kier alpha value is -2.32. The van der Waals surface area contributed by atoms with Crippen molar-refractivity contribution in [3.05, 3.63) is 85.1 Å². The van der Waals surface area contributed by atoms with Gasteiger partial charge in [0.25, 0.3) is 0 Å². The molecule has 0 bridgehead atoms. The number of esters is 1. The van der Waals surface area contributed by atoms with Crippen molar-refractivity contribution in [2.45, 2.75) is 161 Å². The fourth-order valence-corrected chi connectivity index (χ4v) is 6.23. The van der Waals surface area contributed by atoms with Crippen LogP contribution in [0.1, 0.15) is 155 Å². The summed E-state index contributed by atoms with van der Waals surface area (Å²) in [6.45, 7) is 5.33. The van der Waals surface area contributed by atoms with Gasteiger partial charge in [0, 0.05) is 13.0 Å². The van der Waals surface area contributed by atoms with Gasteiger partial charge < -0.3 is 18.9 Å². The number of quaternary nitrogens is 1. The summed E-state index contributed by atoms with van der Waals surface area (Å²) in [7, 11) is 1.62. The molecular weight excluding hydrogens is 734 g/mol. The Morgan fingerprint density at radius 3 is 1.53 bits per heavy atom. The monoisotopic (exact) mass is 819 g/mol. The molecule has 0 fully saturated rings. The summed E-state index contributed by atoms with van der Waals surface area (Å²) in [5, 5.41) is 0. The third-order valence-corrected chi connectivity index (χ3v) is 9.92. The summed E-state index contributed by atoms with van der Waals surface area (Å²) in [6.07, 6.45) is 53.3. The molecule has 0 radical (unpaired) electrons. The number of hydrogen-bond acceptors (Lipinski definition) is 6. The van der Waals surface area contributed by atoms with E-state index in [-0.39, 0.29) is 25.8 Å². The van der Waals surface area contributed by atoms with Gasteiger partial charge in [0.05, 0.1) is 34.4 Å². The highest BCUT2D eigenvalue weighted by Crippen LogP contribution is 2.43. The molecule has 328 valence electrons. The van der Waals surface area contributed by atoms with Crippen molar-refractivity contribution in [3.63, 3.8) is 0 Å². The van der Waals surface area contributed by atoms with Crippen LogP contribution in [0.4, 0.5) is 0 Å². The molecule has 0 rings (SSSR count). The average Bonchev–Trinajstić information content (AvgIpc) is 3.16. The van der Waals surface area contributed by atoms with E-state index in [1.165, 1.54) is 51.4 Å². The fraction of sp³-hybridized carbons (Fsp3) is 0.688. The van der Waals surface area contributed by atoms with Crippen LogP contribution in [0.15, 0.2) is 85.1 Å². The first kappa shape index (κ1) is 54.7. The molecule has 0 saturated heterocycles. The number of hydrogen-bond donors (Lipinski definition) is 1. The summed E-state index contributed by atoms with van der Waals surface area (Å²) in [5.74, 6) is -0.341. The van der Waals surface area contributed by atoms with Gasteiger partial charge in [-0.1, -0.05) is 144 Å². The van der Waals surface area contributed by atoms with E-state index >= 15 is 0 Å². The number of carbonyl (C=O) groups is 1. The fourth-order valence-electron chi connectivity index (χ4n) is 5.49. The van der Waals surface area contributed by atoms with Gasteiger partial charge in [0.2, 0.25) is 0 Å². The third kappa shape index (κ3) is 44.6. The molecule has 8 nitrogen and oxygen atoms in total. The number of ether oxygens (including phenoxy) is 2. The molecular formula is C48H85NO7P+. The second-order valence-electron chi connectivity index (χ2n) is 15.7. The molecule has 2 atom stereocenters. The smallest absolute Gasteiger partial charge is 0.457 e. The van der Waals surface area contributed by atoms with Gasteiger partial charge in [-0.3, -0.25) is 13.8 Å². The van der Waals surface area contributed by atoms with Gasteiger partial charge in [-0.15, -0.1) is 0 Å². The molecule has 0 saturated carbocycles. The molecule has 57 heavy (non-hydrogen) atoms. The van der Waals surface area contributed by atoms with E-state index in [0.29, 0.717) is 24.1 Å². The van der Waals surface area contributed by atoms with Crippen LogP contribution in [0, 0.1) is 0 Å². The number of allylic oxidation sites excluding steroid dienone is 14. The number of nitrogens with zero attached hydrogens (tertiary/aromatic N) is 1. The lowest BCUT2D eigenvalue weighted by Gasteiger charge is -2.24. The van der Waals surface area contributed by atoms with E-state index in [1.54, 1.807) is 0 Å². The molecule has 0 amide bonds. The van der Waals surface area contributed by atoms with E-state index in [4.69, 9.17) is 18.5 Å². The quantitative estimate of drug-likeness (QED) is 0.0216. The van der Waals surface area contributed by atoms with Gasteiger partial charge >= 0.3 is 13.8 Å². The number of carbonyl (C=O) groups excluding carboxylic acids is 1. The topological polar surface area (TPSA) is 91.3 Å². The van der Waals surface area contributed by atoms with E-state index in [0.717, 1.165) is 83.5 Å². The second-order valence-corrected chi connectivity index (χ2v) is 17.1. The van der Waals surface area contributed by atoms with Crippen LogP contribution in [0.2, 0.25) is 0 Å². The van der Waals surface area contributed by atoms with Crippen molar-refractivity contribution < 1.29 is 37.3 Å². The van der Waals surface area contributed by atoms with E-state index in [1.807, 2.05) is 21.1 Å². The Labute approximate surface area is 350 Å². The van der Waals surface area contributed by atoms with E-state index in [9.17, 15) is 14.3 Å². The van der Waals surface area contributed by atoms with Crippen molar-refractivity contribution >= 4 is 13.8 Å². The lowest BCUT2D eigenvalue weighted by molar-refractivity contribution is -0.870. The van der Waals surface area contributed by atoms with Gasteiger partial charge in [-0.05, 0) is 89.9 Å². The normalized spacial score (nSPS) is 14.6. The summed E-state index contributed by atoms with van der Waals surface area (Å²) >= 11 is 0. The minimum atomic E-state index is -4.30. The van der Waals surface area contributed by atoms with Crippen molar-refractivity contribution in [1.29, 1.82) is 0 Å². The maximum atomic E-state index is 12.7. The van der Waals surface area contributed by atoms with Gasteiger partial charge in [0.15, 0.2) is 0 Å². The Morgan fingerprint density at radius 2 is 1.02 bits per heavy atom. The van der Waals surface area contributed by atoms with Crippen LogP contribution in [-0.4, -0.2) is 75.6 Å². The molecule has 2 unspecified atom stereocenters. The molecule has 0 heterocycles. The van der Waals surface area contributed by atoms with Crippen molar-refractivity contribution in [2.24, 2.45) is 0 Å². The van der Waals surface area contributed by atoms with Gasteiger partial charge in [-0.2, -0.15) is 0 Å². The molecule has 0 aliphatic heterocycles. The van der Waals surface area contributed by atoms with Gasteiger partial charge in [0.1, 0.15) is 19.3 Å². The number of phosphoric ester groups is 1. The number of likely N-dealkylation sites (N-methyl/N-ethyl adjacent to an activating group) is 1. The van der Waals surface area contributed by atoms with Crippen molar-refractivity contribution in [1.82, 2.24) is 0 Å². The highest BCUT2D eigenvalue weighted by atomic mass is 31.2. The number of phosphoric acid groups is 1. The molecule has 0 aromatic carbocycles. The SMILES string of the molecule is CC/C=C\C/C=C\C/C=C\C/C=C\C/C=C\CCCCOCC(COP(=O)(O)OCC[N+](C)(C)C)OC(=O)CCCCCCCCC/C=C\C/C=C\CCCCC. The highest BCUT2D eigenvalue weighted by molar-refractivity contribution is 7.47. The van der Waals surface area contributed by atoms with Crippen molar-refractivity contribution in [2.75, 3.05) is 54.1 Å².